The van der Waals surface area contributed by atoms with Crippen molar-refractivity contribution in [3.63, 3.8) is 0 Å². The monoisotopic (exact) mass is 364 g/mol. The maximum absolute atomic E-state index is 13.1. The second-order valence-corrected chi connectivity index (χ2v) is 8.14. The number of sulfonamides is 1. The largest absolute Gasteiger partial charge is 0.323 e. The van der Waals surface area contributed by atoms with Crippen molar-refractivity contribution in [2.75, 3.05) is 5.32 Å². The van der Waals surface area contributed by atoms with Gasteiger partial charge in [-0.2, -0.15) is 4.31 Å². The normalized spacial score (nSPS) is 20.1. The van der Waals surface area contributed by atoms with Crippen molar-refractivity contribution in [1.82, 2.24) is 4.31 Å². The summed E-state index contributed by atoms with van der Waals surface area (Å²) in [5.41, 5.74) is 2.10. The summed E-state index contributed by atoms with van der Waals surface area (Å²) in [6.07, 6.45) is 0. The molecule has 0 aliphatic carbocycles. The number of rotatable bonds is 2. The summed E-state index contributed by atoms with van der Waals surface area (Å²) in [7, 11) is -3.87. The van der Waals surface area contributed by atoms with E-state index in [1.54, 1.807) is 13.0 Å². The smallest absolute Gasteiger partial charge is 0.246 e. The molecule has 1 aliphatic heterocycles. The van der Waals surface area contributed by atoms with E-state index in [1.807, 2.05) is 31.2 Å². The highest BCUT2D eigenvalue weighted by molar-refractivity contribution is 7.89. The highest BCUT2D eigenvalue weighted by Crippen LogP contribution is 2.33. The maximum Gasteiger partial charge on any atom is 0.246 e. The summed E-state index contributed by atoms with van der Waals surface area (Å²) in [4.78, 5) is 12.4. The average Bonchev–Trinajstić information content (AvgIpc) is 2.58. The molecule has 1 heterocycles. The van der Waals surface area contributed by atoms with Gasteiger partial charge in [-0.15, -0.1) is 0 Å². The van der Waals surface area contributed by atoms with E-state index in [4.69, 9.17) is 11.6 Å². The van der Waals surface area contributed by atoms with Crippen molar-refractivity contribution in [1.29, 1.82) is 0 Å². The van der Waals surface area contributed by atoms with Crippen molar-refractivity contribution in [2.45, 2.75) is 31.3 Å². The van der Waals surface area contributed by atoms with Crippen molar-refractivity contribution in [3.05, 3.63) is 58.6 Å². The predicted octanol–water partition coefficient (Wildman–Crippen LogP) is 3.18. The molecule has 1 amide bonds. The van der Waals surface area contributed by atoms with Gasteiger partial charge in [0.2, 0.25) is 15.9 Å². The molecule has 0 fully saturated rings. The molecular formula is C17H17ClN2O3S. The Morgan fingerprint density at radius 1 is 1.21 bits per heavy atom. The topological polar surface area (TPSA) is 66.5 Å². The molecule has 7 heteroatoms. The third kappa shape index (κ3) is 3.05. The third-order valence-electron chi connectivity index (χ3n) is 4.02. The van der Waals surface area contributed by atoms with Gasteiger partial charge in [0, 0.05) is 11.6 Å². The molecule has 0 aromatic heterocycles. The lowest BCUT2D eigenvalue weighted by Crippen LogP contribution is -2.42. The summed E-state index contributed by atoms with van der Waals surface area (Å²) in [6.45, 7) is 3.63. The number of amides is 1. The highest BCUT2D eigenvalue weighted by atomic mass is 35.5. The summed E-state index contributed by atoms with van der Waals surface area (Å²) in [5.74, 6) is -0.368. The van der Waals surface area contributed by atoms with Crippen LogP contribution in [-0.4, -0.2) is 24.7 Å². The van der Waals surface area contributed by atoms with E-state index in [-0.39, 0.29) is 23.0 Å². The lowest BCUT2D eigenvalue weighted by molar-refractivity contribution is -0.119. The molecule has 0 saturated carbocycles. The van der Waals surface area contributed by atoms with Crippen molar-refractivity contribution < 1.29 is 13.2 Å². The van der Waals surface area contributed by atoms with Crippen LogP contribution in [0.15, 0.2) is 47.4 Å². The highest BCUT2D eigenvalue weighted by Gasteiger charge is 2.38. The summed E-state index contributed by atoms with van der Waals surface area (Å²) in [5, 5.41) is 2.97. The van der Waals surface area contributed by atoms with Gasteiger partial charge in [0.1, 0.15) is 10.9 Å². The molecule has 1 unspecified atom stereocenters. The van der Waals surface area contributed by atoms with Crippen LogP contribution in [0, 0.1) is 6.92 Å². The molecule has 2 aromatic carbocycles. The van der Waals surface area contributed by atoms with E-state index in [0.29, 0.717) is 5.02 Å². The third-order valence-corrected chi connectivity index (χ3v) is 6.21. The zero-order valence-corrected chi connectivity index (χ0v) is 14.9. The van der Waals surface area contributed by atoms with Crippen LogP contribution in [0.4, 0.5) is 5.69 Å². The van der Waals surface area contributed by atoms with Crippen LogP contribution < -0.4 is 5.32 Å². The Morgan fingerprint density at radius 3 is 2.67 bits per heavy atom. The fourth-order valence-electron chi connectivity index (χ4n) is 2.73. The first-order chi connectivity index (χ1) is 11.3. The number of anilines is 1. The second-order valence-electron chi connectivity index (χ2n) is 5.85. The molecule has 0 saturated heterocycles. The van der Waals surface area contributed by atoms with Gasteiger partial charge in [0.25, 0.3) is 0 Å². The number of hydrogen-bond acceptors (Lipinski definition) is 3. The molecule has 1 N–H and O–H groups in total. The van der Waals surface area contributed by atoms with E-state index < -0.39 is 16.1 Å². The minimum absolute atomic E-state index is 0.0142. The number of aryl methyl sites for hydroxylation is 1. The van der Waals surface area contributed by atoms with Crippen molar-refractivity contribution in [2.24, 2.45) is 0 Å². The fourth-order valence-corrected chi connectivity index (χ4v) is 4.72. The average molecular weight is 365 g/mol. The molecular weight excluding hydrogens is 348 g/mol. The lowest BCUT2D eigenvalue weighted by atomic mass is 10.1. The van der Waals surface area contributed by atoms with Crippen molar-refractivity contribution in [3.8, 4) is 0 Å². The molecule has 24 heavy (non-hydrogen) atoms. The van der Waals surface area contributed by atoms with Crippen LogP contribution in [0.5, 0.6) is 0 Å². The fraction of sp³-hybridized carbons (Fsp3) is 0.235. The number of halogens is 1. The molecule has 0 bridgehead atoms. The Kier molecular flexibility index (Phi) is 4.38. The first kappa shape index (κ1) is 17.0. The predicted molar refractivity (Wildman–Crippen MR) is 93.5 cm³/mol. The lowest BCUT2D eigenvalue weighted by Gasteiger charge is -2.25. The number of nitrogens with zero attached hydrogens (tertiary/aromatic N) is 1. The minimum Gasteiger partial charge on any atom is -0.323 e. The van der Waals surface area contributed by atoms with Gasteiger partial charge in [-0.3, -0.25) is 4.79 Å². The van der Waals surface area contributed by atoms with Gasteiger partial charge >= 0.3 is 0 Å². The maximum atomic E-state index is 13.1. The quantitative estimate of drug-likeness (QED) is 0.889. The summed E-state index contributed by atoms with van der Waals surface area (Å²) in [6, 6.07) is 11.2. The van der Waals surface area contributed by atoms with Crippen molar-refractivity contribution >= 4 is 33.2 Å². The number of hydrogen-bond donors (Lipinski definition) is 1. The van der Waals surface area contributed by atoms with Gasteiger partial charge in [-0.1, -0.05) is 41.4 Å². The number of carbonyl (C=O) groups is 1. The number of carbonyl (C=O) groups excluding carboxylic acids is 1. The van der Waals surface area contributed by atoms with E-state index in [9.17, 15) is 13.2 Å². The molecule has 0 radical (unpaired) electrons. The van der Waals surface area contributed by atoms with Crippen LogP contribution in [0.2, 0.25) is 5.02 Å². The van der Waals surface area contributed by atoms with Crippen LogP contribution in [-0.2, 0) is 21.4 Å². The van der Waals surface area contributed by atoms with Crippen LogP contribution in [0.25, 0.3) is 0 Å². The van der Waals surface area contributed by atoms with E-state index in [0.717, 1.165) is 11.1 Å². The second kappa shape index (κ2) is 6.20. The van der Waals surface area contributed by atoms with Gasteiger partial charge in [-0.25, -0.2) is 8.42 Å². The Balaban J connectivity index is 2.11. The van der Waals surface area contributed by atoms with Gasteiger partial charge in [0.15, 0.2) is 0 Å². The molecule has 1 atom stereocenters. The van der Waals surface area contributed by atoms with Crippen LogP contribution in [0.3, 0.4) is 0 Å². The number of benzene rings is 2. The van der Waals surface area contributed by atoms with E-state index in [1.165, 1.54) is 16.4 Å². The minimum atomic E-state index is -3.87. The van der Waals surface area contributed by atoms with Crippen LogP contribution >= 0.6 is 11.6 Å². The Morgan fingerprint density at radius 2 is 1.96 bits per heavy atom. The molecule has 2 aromatic rings. The zero-order valence-electron chi connectivity index (χ0n) is 13.3. The van der Waals surface area contributed by atoms with Crippen LogP contribution in [0.1, 0.15) is 18.1 Å². The molecule has 1 aliphatic rings. The van der Waals surface area contributed by atoms with E-state index in [2.05, 4.69) is 5.32 Å². The standard InChI is InChI=1S/C17H17ClN2O3S/c1-11-4-3-5-13(8-11)10-20-12(2)17(21)19-15-7-6-14(18)9-16(15)24(20,22)23/h3-9,12H,10H2,1-2H3,(H,19,21). The van der Waals surface area contributed by atoms with Gasteiger partial charge < -0.3 is 5.32 Å². The Bertz CT molecular complexity index is 912. The SMILES string of the molecule is Cc1cccc(CN2C(C)C(=O)Nc3ccc(Cl)cc3S2(=O)=O)c1. The molecule has 5 nitrogen and oxygen atoms in total. The molecule has 126 valence electrons. The molecule has 3 rings (SSSR count). The number of fused-ring (bicyclic) bond motifs is 1. The zero-order chi connectivity index (χ0) is 17.5. The van der Waals surface area contributed by atoms with Gasteiger partial charge in [-0.05, 0) is 37.6 Å². The first-order valence-electron chi connectivity index (χ1n) is 7.47. The Hall–Kier alpha value is -1.89. The van der Waals surface area contributed by atoms with E-state index >= 15 is 0 Å². The molecule has 0 spiro atoms. The summed E-state index contributed by atoms with van der Waals surface area (Å²) >= 11 is 5.96. The summed E-state index contributed by atoms with van der Waals surface area (Å²) < 4.78 is 27.4. The first-order valence-corrected chi connectivity index (χ1v) is 9.28. The van der Waals surface area contributed by atoms with Gasteiger partial charge in [0.05, 0.1) is 5.69 Å². The Labute approximate surface area is 146 Å². The number of nitrogens with one attached hydrogen (secondary N) is 1.